The summed E-state index contributed by atoms with van der Waals surface area (Å²) in [5, 5.41) is 11.5. The van der Waals surface area contributed by atoms with Crippen molar-refractivity contribution in [1.82, 2.24) is 9.97 Å². The molecule has 0 aliphatic heterocycles. The summed E-state index contributed by atoms with van der Waals surface area (Å²) in [7, 11) is 1.95. The Kier molecular flexibility index (Phi) is 5.64. The van der Waals surface area contributed by atoms with Crippen LogP contribution in [0.4, 0.5) is 11.5 Å². The summed E-state index contributed by atoms with van der Waals surface area (Å²) in [6.07, 6.45) is 5.27. The van der Waals surface area contributed by atoms with Crippen molar-refractivity contribution in [2.45, 2.75) is 19.8 Å². The summed E-state index contributed by atoms with van der Waals surface area (Å²) in [5.41, 5.74) is 1.41. The van der Waals surface area contributed by atoms with E-state index in [1.54, 1.807) is 30.5 Å². The summed E-state index contributed by atoms with van der Waals surface area (Å²) in [6, 6.07) is 8.68. The van der Waals surface area contributed by atoms with Crippen LogP contribution < -0.4 is 10.2 Å². The van der Waals surface area contributed by atoms with Gasteiger partial charge < -0.3 is 10.2 Å². The number of unbranched alkanes of at least 4 members (excludes halogenated alkanes) is 1. The zero-order valence-electron chi connectivity index (χ0n) is 13.3. The van der Waals surface area contributed by atoms with Crippen molar-refractivity contribution in [3.05, 3.63) is 47.9 Å². The van der Waals surface area contributed by atoms with E-state index >= 15 is 0 Å². The van der Waals surface area contributed by atoms with Crippen molar-refractivity contribution in [1.29, 1.82) is 5.26 Å². The molecule has 1 amide bonds. The van der Waals surface area contributed by atoms with Crippen molar-refractivity contribution < 1.29 is 4.79 Å². The van der Waals surface area contributed by atoms with E-state index in [4.69, 9.17) is 5.26 Å². The maximum atomic E-state index is 12.1. The van der Waals surface area contributed by atoms with Gasteiger partial charge in [-0.3, -0.25) is 4.79 Å². The van der Waals surface area contributed by atoms with Crippen LogP contribution in [0.25, 0.3) is 0 Å². The van der Waals surface area contributed by atoms with Gasteiger partial charge in [-0.2, -0.15) is 5.26 Å². The van der Waals surface area contributed by atoms with E-state index in [1.807, 2.05) is 18.0 Å². The monoisotopic (exact) mass is 309 g/mol. The second-order valence-electron chi connectivity index (χ2n) is 5.18. The van der Waals surface area contributed by atoms with Crippen molar-refractivity contribution in [3.63, 3.8) is 0 Å². The molecule has 23 heavy (non-hydrogen) atoms. The number of aromatic nitrogens is 2. The van der Waals surface area contributed by atoms with Crippen LogP contribution >= 0.6 is 0 Å². The highest BCUT2D eigenvalue weighted by Gasteiger charge is 2.10. The van der Waals surface area contributed by atoms with Crippen LogP contribution in [0, 0.1) is 11.3 Å². The standard InChI is InChI=1S/C17H19N5O/c1-3-4-9-22(2)16-12-19-15(11-20-16)17(23)21-14-7-5-13(10-18)6-8-14/h5-8,11-12H,3-4,9H2,1-2H3,(H,21,23). The van der Waals surface area contributed by atoms with Crippen LogP contribution in [-0.4, -0.2) is 29.5 Å². The molecular weight excluding hydrogens is 290 g/mol. The highest BCUT2D eigenvalue weighted by atomic mass is 16.1. The van der Waals surface area contributed by atoms with Crippen LogP contribution in [0.2, 0.25) is 0 Å². The van der Waals surface area contributed by atoms with Gasteiger partial charge in [-0.15, -0.1) is 0 Å². The molecule has 0 aliphatic rings. The van der Waals surface area contributed by atoms with E-state index in [1.165, 1.54) is 6.20 Å². The Balaban J connectivity index is 2.00. The first-order chi connectivity index (χ1) is 11.1. The Bertz CT molecular complexity index is 688. The van der Waals surface area contributed by atoms with Gasteiger partial charge in [0.05, 0.1) is 24.0 Å². The maximum absolute atomic E-state index is 12.1. The van der Waals surface area contributed by atoms with E-state index in [0.29, 0.717) is 11.3 Å². The highest BCUT2D eigenvalue weighted by molar-refractivity contribution is 6.02. The van der Waals surface area contributed by atoms with Crippen molar-refractivity contribution >= 4 is 17.4 Å². The lowest BCUT2D eigenvalue weighted by Crippen LogP contribution is -2.21. The average Bonchev–Trinajstić information content (AvgIpc) is 2.60. The summed E-state index contributed by atoms with van der Waals surface area (Å²) in [4.78, 5) is 22.6. The molecular formula is C17H19N5O. The van der Waals surface area contributed by atoms with E-state index in [-0.39, 0.29) is 11.6 Å². The quantitative estimate of drug-likeness (QED) is 0.887. The molecule has 0 bridgehead atoms. The largest absolute Gasteiger partial charge is 0.358 e. The number of nitrogens with zero attached hydrogens (tertiary/aromatic N) is 4. The Morgan fingerprint density at radius 2 is 2.00 bits per heavy atom. The summed E-state index contributed by atoms with van der Waals surface area (Å²) >= 11 is 0. The zero-order valence-corrected chi connectivity index (χ0v) is 13.3. The molecule has 1 N–H and O–H groups in total. The molecule has 2 aromatic rings. The second-order valence-corrected chi connectivity index (χ2v) is 5.18. The lowest BCUT2D eigenvalue weighted by molar-refractivity contribution is 0.102. The number of nitriles is 1. The Hall–Kier alpha value is -2.94. The van der Waals surface area contributed by atoms with Gasteiger partial charge in [0.2, 0.25) is 0 Å². The van der Waals surface area contributed by atoms with Gasteiger partial charge in [-0.1, -0.05) is 13.3 Å². The fourth-order valence-corrected chi connectivity index (χ4v) is 1.97. The summed E-state index contributed by atoms with van der Waals surface area (Å²) in [5.74, 6) is 0.415. The lowest BCUT2D eigenvalue weighted by Gasteiger charge is -2.17. The molecule has 0 saturated heterocycles. The van der Waals surface area contributed by atoms with Gasteiger partial charge in [0.25, 0.3) is 5.91 Å². The average molecular weight is 309 g/mol. The number of benzene rings is 1. The fraction of sp³-hybridized carbons (Fsp3) is 0.294. The first-order valence-corrected chi connectivity index (χ1v) is 7.48. The van der Waals surface area contributed by atoms with Crippen LogP contribution in [0.5, 0.6) is 0 Å². The topological polar surface area (TPSA) is 81.9 Å². The third-order valence-corrected chi connectivity index (χ3v) is 3.38. The molecule has 6 heteroatoms. The number of carbonyl (C=O) groups excluding carboxylic acids is 1. The minimum absolute atomic E-state index is 0.252. The zero-order chi connectivity index (χ0) is 16.7. The Morgan fingerprint density at radius 3 is 2.57 bits per heavy atom. The van der Waals surface area contributed by atoms with Gasteiger partial charge >= 0.3 is 0 Å². The van der Waals surface area contributed by atoms with Crippen LogP contribution in [0.15, 0.2) is 36.7 Å². The molecule has 1 aromatic carbocycles. The van der Waals surface area contributed by atoms with Gasteiger partial charge in [-0.05, 0) is 30.7 Å². The summed E-state index contributed by atoms with van der Waals surface area (Å²) in [6.45, 7) is 3.04. The number of anilines is 2. The third kappa shape index (κ3) is 4.51. The number of nitrogens with one attached hydrogen (secondary N) is 1. The predicted octanol–water partition coefficient (Wildman–Crippen LogP) is 2.84. The molecule has 6 nitrogen and oxygen atoms in total. The van der Waals surface area contributed by atoms with E-state index in [2.05, 4.69) is 22.2 Å². The van der Waals surface area contributed by atoms with Crippen LogP contribution in [0.3, 0.4) is 0 Å². The van der Waals surface area contributed by atoms with Crippen LogP contribution in [-0.2, 0) is 0 Å². The summed E-state index contributed by atoms with van der Waals surface area (Å²) < 4.78 is 0. The normalized spacial score (nSPS) is 9.96. The van der Waals surface area contributed by atoms with Crippen molar-refractivity contribution in [2.24, 2.45) is 0 Å². The van der Waals surface area contributed by atoms with E-state index in [9.17, 15) is 4.79 Å². The minimum Gasteiger partial charge on any atom is -0.358 e. The first kappa shape index (κ1) is 16.4. The molecule has 0 aliphatic carbocycles. The fourth-order valence-electron chi connectivity index (χ4n) is 1.97. The molecule has 1 heterocycles. The molecule has 2 rings (SSSR count). The Morgan fingerprint density at radius 1 is 1.26 bits per heavy atom. The number of carbonyl (C=O) groups is 1. The van der Waals surface area contributed by atoms with E-state index < -0.39 is 0 Å². The molecule has 0 unspecified atom stereocenters. The second kappa shape index (κ2) is 7.90. The SMILES string of the molecule is CCCCN(C)c1cnc(C(=O)Nc2ccc(C#N)cc2)cn1. The lowest BCUT2D eigenvalue weighted by atomic mass is 10.2. The van der Waals surface area contributed by atoms with Crippen LogP contribution in [0.1, 0.15) is 35.8 Å². The number of hydrogen-bond acceptors (Lipinski definition) is 5. The van der Waals surface area contributed by atoms with E-state index in [0.717, 1.165) is 25.2 Å². The van der Waals surface area contributed by atoms with Gasteiger partial charge in [0.15, 0.2) is 0 Å². The number of rotatable bonds is 6. The first-order valence-electron chi connectivity index (χ1n) is 7.48. The highest BCUT2D eigenvalue weighted by Crippen LogP contribution is 2.12. The predicted molar refractivity (Wildman–Crippen MR) is 89.3 cm³/mol. The van der Waals surface area contributed by atoms with Crippen molar-refractivity contribution in [3.8, 4) is 6.07 Å². The number of hydrogen-bond donors (Lipinski definition) is 1. The molecule has 1 aromatic heterocycles. The molecule has 0 saturated carbocycles. The van der Waals surface area contributed by atoms with Gasteiger partial charge in [-0.25, -0.2) is 9.97 Å². The van der Waals surface area contributed by atoms with Gasteiger partial charge in [0.1, 0.15) is 11.5 Å². The van der Waals surface area contributed by atoms with Gasteiger partial charge in [0, 0.05) is 19.3 Å². The molecule has 0 atom stereocenters. The smallest absolute Gasteiger partial charge is 0.275 e. The third-order valence-electron chi connectivity index (χ3n) is 3.38. The number of amides is 1. The molecule has 0 spiro atoms. The maximum Gasteiger partial charge on any atom is 0.275 e. The Labute approximate surface area is 135 Å². The molecule has 0 radical (unpaired) electrons. The van der Waals surface area contributed by atoms with Crippen molar-refractivity contribution in [2.75, 3.05) is 23.8 Å². The molecule has 118 valence electrons. The minimum atomic E-state index is -0.329. The molecule has 0 fully saturated rings.